The van der Waals surface area contributed by atoms with Gasteiger partial charge in [0.15, 0.2) is 6.61 Å². The van der Waals surface area contributed by atoms with Crippen molar-refractivity contribution in [2.45, 2.75) is 13.8 Å². The number of carbonyl (C=O) groups is 1. The largest absolute Gasteiger partial charge is 0.489 e. The predicted molar refractivity (Wildman–Crippen MR) is 99.3 cm³/mol. The molecule has 130 valence electrons. The van der Waals surface area contributed by atoms with Crippen molar-refractivity contribution in [3.63, 3.8) is 0 Å². The fourth-order valence-corrected chi connectivity index (χ4v) is 2.18. The Morgan fingerprint density at radius 1 is 1.16 bits per heavy atom. The van der Waals surface area contributed by atoms with Gasteiger partial charge >= 0.3 is 0 Å². The molecular formula is C20H22N2O3. The predicted octanol–water partition coefficient (Wildman–Crippen LogP) is 3.40. The number of para-hydroxylation sites is 1. The van der Waals surface area contributed by atoms with Crippen LogP contribution >= 0.6 is 0 Å². The van der Waals surface area contributed by atoms with E-state index in [4.69, 9.17) is 9.47 Å². The molecule has 0 heterocycles. The second kappa shape index (κ2) is 9.27. The van der Waals surface area contributed by atoms with E-state index in [0.29, 0.717) is 18.1 Å². The van der Waals surface area contributed by atoms with Crippen LogP contribution in [0.5, 0.6) is 11.5 Å². The molecule has 25 heavy (non-hydrogen) atoms. The van der Waals surface area contributed by atoms with E-state index in [1.165, 1.54) is 6.21 Å². The van der Waals surface area contributed by atoms with Crippen LogP contribution in [0.3, 0.4) is 0 Å². The van der Waals surface area contributed by atoms with E-state index in [2.05, 4.69) is 17.1 Å². The van der Waals surface area contributed by atoms with Gasteiger partial charge in [-0.15, -0.1) is 0 Å². The van der Waals surface area contributed by atoms with Crippen LogP contribution < -0.4 is 14.9 Å². The Morgan fingerprint density at radius 2 is 1.96 bits per heavy atom. The average Bonchev–Trinajstić information content (AvgIpc) is 2.60. The van der Waals surface area contributed by atoms with Gasteiger partial charge in [0.25, 0.3) is 5.91 Å². The molecule has 0 saturated heterocycles. The number of benzene rings is 2. The smallest absolute Gasteiger partial charge is 0.277 e. The first-order valence-electron chi connectivity index (χ1n) is 7.95. The lowest BCUT2D eigenvalue weighted by Gasteiger charge is -2.09. The Hall–Kier alpha value is -3.08. The molecule has 5 heteroatoms. The number of hydrogen-bond donors (Lipinski definition) is 1. The second-order valence-electron chi connectivity index (χ2n) is 5.49. The van der Waals surface area contributed by atoms with Crippen LogP contribution in [0.15, 0.2) is 60.2 Å². The Kier molecular flexibility index (Phi) is 6.77. The number of hydrogen-bond acceptors (Lipinski definition) is 4. The number of nitrogens with zero attached hydrogens (tertiary/aromatic N) is 1. The van der Waals surface area contributed by atoms with Crippen LogP contribution in [0.1, 0.15) is 16.7 Å². The number of rotatable bonds is 8. The minimum Gasteiger partial charge on any atom is -0.489 e. The molecule has 5 nitrogen and oxygen atoms in total. The molecule has 2 aromatic carbocycles. The number of amides is 1. The van der Waals surface area contributed by atoms with Gasteiger partial charge in [-0.25, -0.2) is 5.43 Å². The van der Waals surface area contributed by atoms with E-state index in [1.807, 2.05) is 56.3 Å². The van der Waals surface area contributed by atoms with Crippen LogP contribution in [-0.4, -0.2) is 25.3 Å². The molecule has 1 amide bonds. The van der Waals surface area contributed by atoms with Crippen molar-refractivity contribution >= 4 is 12.1 Å². The quantitative estimate of drug-likeness (QED) is 0.456. The van der Waals surface area contributed by atoms with Crippen molar-refractivity contribution < 1.29 is 14.3 Å². The summed E-state index contributed by atoms with van der Waals surface area (Å²) in [5.41, 5.74) is 5.35. The first-order valence-corrected chi connectivity index (χ1v) is 7.95. The lowest BCUT2D eigenvalue weighted by molar-refractivity contribution is -0.123. The van der Waals surface area contributed by atoms with Crippen molar-refractivity contribution in [1.29, 1.82) is 0 Å². The maximum absolute atomic E-state index is 11.8. The van der Waals surface area contributed by atoms with E-state index in [1.54, 1.807) is 6.08 Å². The summed E-state index contributed by atoms with van der Waals surface area (Å²) in [4.78, 5) is 11.8. The standard InChI is InChI=1S/C20H22N2O3/c1-4-11-24-19-8-6-5-7-17(19)13-21-22-20(23)14-25-18-10-9-15(2)12-16(18)3/h4-10,12-13H,1,11,14H2,2-3H3,(H,22,23)/b21-13+. The molecule has 2 aromatic rings. The van der Waals surface area contributed by atoms with Gasteiger partial charge in [0.1, 0.15) is 18.1 Å². The summed E-state index contributed by atoms with van der Waals surface area (Å²) >= 11 is 0. The fourth-order valence-electron chi connectivity index (χ4n) is 2.18. The monoisotopic (exact) mass is 338 g/mol. The summed E-state index contributed by atoms with van der Waals surface area (Å²) in [5.74, 6) is 1.03. The minimum atomic E-state index is -0.333. The molecule has 1 N–H and O–H groups in total. The van der Waals surface area contributed by atoms with E-state index in [-0.39, 0.29) is 12.5 Å². The van der Waals surface area contributed by atoms with Gasteiger partial charge in [-0.2, -0.15) is 5.10 Å². The molecule has 0 spiro atoms. The summed E-state index contributed by atoms with van der Waals surface area (Å²) in [7, 11) is 0. The van der Waals surface area contributed by atoms with E-state index in [0.717, 1.165) is 16.7 Å². The zero-order chi connectivity index (χ0) is 18.1. The number of carbonyl (C=O) groups excluding carboxylic acids is 1. The topological polar surface area (TPSA) is 59.9 Å². The van der Waals surface area contributed by atoms with Gasteiger partial charge in [0.05, 0.1) is 6.21 Å². The van der Waals surface area contributed by atoms with Crippen molar-refractivity contribution in [1.82, 2.24) is 5.43 Å². The highest BCUT2D eigenvalue weighted by Crippen LogP contribution is 2.18. The normalized spacial score (nSPS) is 10.5. The van der Waals surface area contributed by atoms with Gasteiger partial charge in [-0.3, -0.25) is 4.79 Å². The van der Waals surface area contributed by atoms with E-state index >= 15 is 0 Å². The molecule has 0 aromatic heterocycles. The maximum Gasteiger partial charge on any atom is 0.277 e. The molecule has 0 radical (unpaired) electrons. The third-order valence-corrected chi connectivity index (χ3v) is 3.36. The minimum absolute atomic E-state index is 0.101. The summed E-state index contributed by atoms with van der Waals surface area (Å²) in [5, 5.41) is 3.95. The van der Waals surface area contributed by atoms with Gasteiger partial charge in [-0.1, -0.05) is 42.5 Å². The molecule has 0 saturated carbocycles. The van der Waals surface area contributed by atoms with Crippen LogP contribution in [0.2, 0.25) is 0 Å². The van der Waals surface area contributed by atoms with E-state index in [9.17, 15) is 4.79 Å². The zero-order valence-corrected chi connectivity index (χ0v) is 14.5. The molecule has 0 aliphatic carbocycles. The molecular weight excluding hydrogens is 316 g/mol. The molecule has 0 aliphatic rings. The van der Waals surface area contributed by atoms with Crippen LogP contribution in [-0.2, 0) is 4.79 Å². The lowest BCUT2D eigenvalue weighted by atomic mass is 10.1. The highest BCUT2D eigenvalue weighted by Gasteiger charge is 2.04. The van der Waals surface area contributed by atoms with Gasteiger partial charge in [0, 0.05) is 5.56 Å². The number of ether oxygens (including phenoxy) is 2. The highest BCUT2D eigenvalue weighted by atomic mass is 16.5. The summed E-state index contributed by atoms with van der Waals surface area (Å²) < 4.78 is 11.0. The Morgan fingerprint density at radius 3 is 2.72 bits per heavy atom. The zero-order valence-electron chi connectivity index (χ0n) is 14.5. The Bertz CT molecular complexity index is 769. The number of aryl methyl sites for hydroxylation is 2. The van der Waals surface area contributed by atoms with Gasteiger partial charge in [0.2, 0.25) is 0 Å². The van der Waals surface area contributed by atoms with Crippen LogP contribution in [0, 0.1) is 13.8 Å². The average molecular weight is 338 g/mol. The highest BCUT2D eigenvalue weighted by molar-refractivity contribution is 5.85. The van der Waals surface area contributed by atoms with Crippen molar-refractivity contribution in [2.75, 3.05) is 13.2 Å². The van der Waals surface area contributed by atoms with Gasteiger partial charge < -0.3 is 9.47 Å². The SMILES string of the molecule is C=CCOc1ccccc1/C=N/NC(=O)COc1ccc(C)cc1C. The molecule has 0 bridgehead atoms. The van der Waals surface area contributed by atoms with Crippen LogP contribution in [0.25, 0.3) is 0 Å². The molecule has 0 unspecified atom stereocenters. The summed E-state index contributed by atoms with van der Waals surface area (Å²) in [6, 6.07) is 13.2. The number of nitrogens with one attached hydrogen (secondary N) is 1. The van der Waals surface area contributed by atoms with Crippen molar-refractivity contribution in [2.24, 2.45) is 5.10 Å². The summed E-state index contributed by atoms with van der Waals surface area (Å²) in [6.07, 6.45) is 3.20. The van der Waals surface area contributed by atoms with Crippen LogP contribution in [0.4, 0.5) is 0 Å². The first kappa shape index (κ1) is 18.3. The third-order valence-electron chi connectivity index (χ3n) is 3.36. The Balaban J connectivity index is 1.87. The van der Waals surface area contributed by atoms with Crippen molar-refractivity contribution in [3.8, 4) is 11.5 Å². The van der Waals surface area contributed by atoms with E-state index < -0.39 is 0 Å². The molecule has 2 rings (SSSR count). The first-order chi connectivity index (χ1) is 12.1. The van der Waals surface area contributed by atoms with Gasteiger partial charge in [-0.05, 0) is 37.6 Å². The Labute approximate surface area is 148 Å². The second-order valence-corrected chi connectivity index (χ2v) is 5.49. The molecule has 0 fully saturated rings. The van der Waals surface area contributed by atoms with Crippen molar-refractivity contribution in [3.05, 3.63) is 71.8 Å². The number of hydrazone groups is 1. The lowest BCUT2D eigenvalue weighted by Crippen LogP contribution is -2.24. The molecule has 0 aliphatic heterocycles. The fraction of sp³-hybridized carbons (Fsp3) is 0.200. The summed E-state index contributed by atoms with van der Waals surface area (Å²) in [6.45, 7) is 7.87. The third kappa shape index (κ3) is 5.80. The maximum atomic E-state index is 11.8. The molecule has 0 atom stereocenters.